The minimum atomic E-state index is -0.186. The third-order valence-corrected chi connectivity index (χ3v) is 10.4. The molecule has 0 spiro atoms. The van der Waals surface area contributed by atoms with Gasteiger partial charge in [0.15, 0.2) is 0 Å². The van der Waals surface area contributed by atoms with E-state index in [2.05, 4.69) is 26.3 Å². The molecule has 0 aliphatic carbocycles. The fourth-order valence-corrected chi connectivity index (χ4v) is 7.55. The first-order valence-corrected chi connectivity index (χ1v) is 18.1. The second-order valence-corrected chi connectivity index (χ2v) is 14.1. The van der Waals surface area contributed by atoms with E-state index in [0.717, 1.165) is 24.0 Å². The number of carbonyl (C=O) groups is 2. The van der Waals surface area contributed by atoms with E-state index < -0.39 is 0 Å². The maximum Gasteiger partial charge on any atom is 0.262 e. The van der Waals surface area contributed by atoms with Gasteiger partial charge in [-0.2, -0.15) is 0 Å². The van der Waals surface area contributed by atoms with Crippen LogP contribution in [0.1, 0.15) is 36.8 Å². The van der Waals surface area contributed by atoms with E-state index in [1.54, 1.807) is 43.8 Å². The number of methoxy groups -OCH3 is 1. The molecule has 268 valence electrons. The van der Waals surface area contributed by atoms with Crippen LogP contribution in [0, 0.1) is 0 Å². The smallest absolute Gasteiger partial charge is 0.262 e. The zero-order chi connectivity index (χ0) is 36.4. The normalized spacial score (nSPS) is 17.1. The SMILES string of the molecule is COc1nc(-c2cccc(-c3cc(Cl)cc(-c4ccn5c(=O)c(CNC[C@H]6CCC(=O)N6)cnc5c4)c3Cl)c2Cl)ccc1CNC[C@@H]1CCC(=O)N1. The van der Waals surface area contributed by atoms with Crippen molar-refractivity contribution in [2.75, 3.05) is 20.2 Å². The average Bonchev–Trinajstić information content (AvgIpc) is 3.76. The van der Waals surface area contributed by atoms with Crippen LogP contribution < -0.4 is 31.6 Å². The van der Waals surface area contributed by atoms with Crippen LogP contribution in [-0.2, 0) is 22.7 Å². The van der Waals surface area contributed by atoms with Crippen molar-refractivity contribution in [2.24, 2.45) is 0 Å². The Hall–Kier alpha value is -4.52. The number of ether oxygens (including phenoxy) is 1. The third-order valence-electron chi connectivity index (χ3n) is 9.41. The number of nitrogens with zero attached hydrogens (tertiary/aromatic N) is 3. The fraction of sp³-hybridized carbons (Fsp3) is 0.289. The number of aromatic nitrogens is 3. The maximum absolute atomic E-state index is 13.3. The highest BCUT2D eigenvalue weighted by atomic mass is 35.5. The van der Waals surface area contributed by atoms with Crippen molar-refractivity contribution in [3.63, 3.8) is 0 Å². The van der Waals surface area contributed by atoms with Crippen molar-refractivity contribution in [1.82, 2.24) is 35.6 Å². The highest BCUT2D eigenvalue weighted by molar-refractivity contribution is 6.40. The molecule has 2 aromatic carbocycles. The molecule has 0 bridgehead atoms. The van der Waals surface area contributed by atoms with Crippen LogP contribution in [0.5, 0.6) is 5.88 Å². The molecule has 5 aromatic rings. The summed E-state index contributed by atoms with van der Waals surface area (Å²) in [4.78, 5) is 45.6. The van der Waals surface area contributed by atoms with Crippen LogP contribution in [0.3, 0.4) is 0 Å². The van der Waals surface area contributed by atoms with Crippen molar-refractivity contribution >= 4 is 52.3 Å². The van der Waals surface area contributed by atoms with Gasteiger partial charge in [0.25, 0.3) is 5.56 Å². The second-order valence-electron chi connectivity index (χ2n) is 12.9. The largest absolute Gasteiger partial charge is 0.481 e. The highest BCUT2D eigenvalue weighted by Crippen LogP contribution is 2.44. The Labute approximate surface area is 315 Å². The molecule has 52 heavy (non-hydrogen) atoms. The number of nitrogens with one attached hydrogen (secondary N) is 4. The standard InChI is InChI=1S/C38H36Cl3N7O4/c1-52-37-22(16-42-19-25-6-9-33(49)45-25)5-8-31(47-37)28-4-2-3-27(35(28)40)30-15-24(39)14-29(36(30)41)21-11-12-48-32(13-21)44-18-23(38(48)51)17-43-20-26-7-10-34(50)46-26/h2-5,8,11-15,18,25-26,42-43H,6-7,9-10,16-17,19-20H2,1H3,(H,45,49)(H,46,50)/t25-,26+/m0/s1. The molecular formula is C38H36Cl3N7O4. The predicted molar refractivity (Wildman–Crippen MR) is 203 cm³/mol. The van der Waals surface area contributed by atoms with Crippen LogP contribution in [0.25, 0.3) is 39.2 Å². The maximum atomic E-state index is 13.3. The molecule has 2 amide bonds. The molecule has 0 saturated carbocycles. The molecule has 2 aliphatic rings. The van der Waals surface area contributed by atoms with Crippen molar-refractivity contribution in [2.45, 2.75) is 50.9 Å². The van der Waals surface area contributed by atoms with E-state index in [-0.39, 0.29) is 29.5 Å². The van der Waals surface area contributed by atoms with Crippen LogP contribution in [-0.4, -0.2) is 58.5 Å². The molecule has 2 saturated heterocycles. The molecule has 2 aliphatic heterocycles. The van der Waals surface area contributed by atoms with Gasteiger partial charge in [-0.15, -0.1) is 0 Å². The average molecular weight is 761 g/mol. The first kappa shape index (κ1) is 35.9. The fourth-order valence-electron chi connectivity index (χ4n) is 6.69. The monoisotopic (exact) mass is 759 g/mol. The Bertz CT molecular complexity index is 2250. The Morgan fingerprint density at radius 2 is 1.46 bits per heavy atom. The molecule has 7 rings (SSSR count). The van der Waals surface area contributed by atoms with Crippen LogP contribution in [0.2, 0.25) is 15.1 Å². The molecule has 2 atom stereocenters. The number of carbonyl (C=O) groups excluding carboxylic acids is 2. The van der Waals surface area contributed by atoms with Crippen molar-refractivity contribution < 1.29 is 14.3 Å². The van der Waals surface area contributed by atoms with Gasteiger partial charge in [-0.3, -0.25) is 18.8 Å². The van der Waals surface area contributed by atoms with Gasteiger partial charge in [-0.05, 0) is 48.7 Å². The van der Waals surface area contributed by atoms with Crippen molar-refractivity contribution in [3.8, 4) is 39.4 Å². The van der Waals surface area contributed by atoms with Crippen LogP contribution in [0.4, 0.5) is 0 Å². The van der Waals surface area contributed by atoms with E-state index in [4.69, 9.17) is 44.5 Å². The van der Waals surface area contributed by atoms with E-state index in [1.165, 1.54) is 4.40 Å². The lowest BCUT2D eigenvalue weighted by Gasteiger charge is -2.16. The minimum absolute atomic E-state index is 0.0526. The molecule has 2 fully saturated rings. The summed E-state index contributed by atoms with van der Waals surface area (Å²) < 4.78 is 7.14. The van der Waals surface area contributed by atoms with Crippen LogP contribution in [0.15, 0.2) is 71.8 Å². The van der Waals surface area contributed by atoms with E-state index in [9.17, 15) is 14.4 Å². The summed E-state index contributed by atoms with van der Waals surface area (Å²) in [5, 5.41) is 13.8. The number of rotatable bonds is 12. The minimum Gasteiger partial charge on any atom is -0.481 e. The summed E-state index contributed by atoms with van der Waals surface area (Å²) in [5.74, 6) is 0.606. The first-order valence-electron chi connectivity index (χ1n) is 17.0. The summed E-state index contributed by atoms with van der Waals surface area (Å²) in [6, 6.07) is 16.8. The van der Waals surface area contributed by atoms with Gasteiger partial charge < -0.3 is 26.0 Å². The molecule has 0 unspecified atom stereocenters. The van der Waals surface area contributed by atoms with Crippen molar-refractivity contribution in [1.29, 1.82) is 0 Å². The Morgan fingerprint density at radius 3 is 2.13 bits per heavy atom. The number of hydrogen-bond donors (Lipinski definition) is 4. The lowest BCUT2D eigenvalue weighted by Crippen LogP contribution is -2.36. The Balaban J connectivity index is 1.13. The van der Waals surface area contributed by atoms with Crippen molar-refractivity contribution in [3.05, 3.63) is 104 Å². The molecule has 11 nitrogen and oxygen atoms in total. The summed E-state index contributed by atoms with van der Waals surface area (Å²) in [5.41, 5.74) is 5.65. The lowest BCUT2D eigenvalue weighted by atomic mass is 9.97. The summed E-state index contributed by atoms with van der Waals surface area (Å²) in [6.45, 7) is 2.09. The summed E-state index contributed by atoms with van der Waals surface area (Å²) in [6.07, 6.45) is 5.92. The number of halogens is 3. The van der Waals surface area contributed by atoms with Gasteiger partial charge in [0, 0.05) is 102 Å². The molecular weight excluding hydrogens is 725 g/mol. The van der Waals surface area contributed by atoms with Gasteiger partial charge in [0.2, 0.25) is 17.7 Å². The van der Waals surface area contributed by atoms with Crippen LogP contribution >= 0.6 is 34.8 Å². The molecule has 5 heterocycles. The Kier molecular flexibility index (Phi) is 10.8. The van der Waals surface area contributed by atoms with Gasteiger partial charge in [0.1, 0.15) is 5.65 Å². The lowest BCUT2D eigenvalue weighted by molar-refractivity contribution is -0.120. The van der Waals surface area contributed by atoms with E-state index in [0.29, 0.717) is 99.1 Å². The number of pyridine rings is 2. The van der Waals surface area contributed by atoms with Gasteiger partial charge in [0.05, 0.1) is 22.8 Å². The molecule has 0 radical (unpaired) electrons. The van der Waals surface area contributed by atoms with Gasteiger partial charge in [-0.1, -0.05) is 59.1 Å². The highest BCUT2D eigenvalue weighted by Gasteiger charge is 2.22. The van der Waals surface area contributed by atoms with Gasteiger partial charge in [-0.25, -0.2) is 9.97 Å². The topological polar surface area (TPSA) is 139 Å². The zero-order valence-electron chi connectivity index (χ0n) is 28.3. The second kappa shape index (κ2) is 15.6. The molecule has 4 N–H and O–H groups in total. The first-order chi connectivity index (χ1) is 25.2. The number of amides is 2. The molecule has 3 aromatic heterocycles. The zero-order valence-corrected chi connectivity index (χ0v) is 30.5. The van der Waals surface area contributed by atoms with E-state index >= 15 is 0 Å². The Morgan fingerprint density at radius 1 is 0.808 bits per heavy atom. The van der Waals surface area contributed by atoms with Gasteiger partial charge >= 0.3 is 0 Å². The quantitative estimate of drug-likeness (QED) is 0.125. The number of hydrogen-bond acceptors (Lipinski definition) is 8. The summed E-state index contributed by atoms with van der Waals surface area (Å²) >= 11 is 20.9. The van der Waals surface area contributed by atoms with E-state index in [1.807, 2.05) is 30.3 Å². The number of benzene rings is 2. The summed E-state index contributed by atoms with van der Waals surface area (Å²) in [7, 11) is 1.58. The number of fused-ring (bicyclic) bond motifs is 1. The third kappa shape index (κ3) is 7.65. The molecule has 14 heteroatoms. The predicted octanol–water partition coefficient (Wildman–Crippen LogP) is 5.80.